The van der Waals surface area contributed by atoms with E-state index in [2.05, 4.69) is 0 Å². The summed E-state index contributed by atoms with van der Waals surface area (Å²) in [5, 5.41) is 0. The summed E-state index contributed by atoms with van der Waals surface area (Å²) in [5.74, 6) is -1.03. The molecular formula is C28H23F2NO4S. The first-order valence-electron chi connectivity index (χ1n) is 11.1. The van der Waals surface area contributed by atoms with E-state index in [0.717, 1.165) is 41.0 Å². The molecule has 8 heteroatoms. The van der Waals surface area contributed by atoms with Gasteiger partial charge < -0.3 is 9.08 Å². The van der Waals surface area contributed by atoms with Crippen LogP contribution in [0.4, 0.5) is 8.78 Å². The van der Waals surface area contributed by atoms with E-state index < -0.39 is 15.9 Å². The van der Waals surface area contributed by atoms with Crippen molar-refractivity contribution in [2.75, 3.05) is 0 Å². The molecule has 0 aromatic heterocycles. The fraction of sp³-hybridized carbons (Fsp3) is 0.107. The molecule has 0 saturated carbocycles. The standard InChI is InChI=1S/C28H23F2NO4S/c1-20-2-8-23(9-3-20)28(32)31(18-21-4-10-24(29)11-5-21)19-22-6-14-26(15-7-22)35-36(33,34)27-16-12-25(30)13-17-27/h2-17H,18-19H2,1H3. The van der Waals surface area contributed by atoms with Crippen LogP contribution < -0.4 is 4.18 Å². The first-order chi connectivity index (χ1) is 17.2. The van der Waals surface area contributed by atoms with Gasteiger partial charge in [-0.25, -0.2) is 8.78 Å². The van der Waals surface area contributed by atoms with Gasteiger partial charge in [-0.2, -0.15) is 8.42 Å². The molecule has 0 aliphatic heterocycles. The van der Waals surface area contributed by atoms with Gasteiger partial charge in [-0.1, -0.05) is 42.0 Å². The molecule has 4 rings (SSSR count). The molecule has 4 aromatic carbocycles. The summed E-state index contributed by atoms with van der Waals surface area (Å²) in [6.45, 7) is 2.42. The average molecular weight is 508 g/mol. The van der Waals surface area contributed by atoms with Gasteiger partial charge in [0.15, 0.2) is 0 Å². The molecule has 0 fully saturated rings. The summed E-state index contributed by atoms with van der Waals surface area (Å²) >= 11 is 0. The summed E-state index contributed by atoms with van der Waals surface area (Å²) in [5.41, 5.74) is 3.06. The lowest BCUT2D eigenvalue weighted by Gasteiger charge is -2.23. The Morgan fingerprint density at radius 1 is 0.722 bits per heavy atom. The minimum Gasteiger partial charge on any atom is -0.379 e. The number of carbonyl (C=O) groups excluding carboxylic acids is 1. The minimum atomic E-state index is -4.13. The van der Waals surface area contributed by atoms with Crippen LogP contribution in [0.15, 0.2) is 102 Å². The van der Waals surface area contributed by atoms with E-state index in [-0.39, 0.29) is 35.5 Å². The lowest BCUT2D eigenvalue weighted by molar-refractivity contribution is 0.0730. The molecular weight excluding hydrogens is 484 g/mol. The van der Waals surface area contributed by atoms with Crippen LogP contribution in [-0.4, -0.2) is 19.2 Å². The van der Waals surface area contributed by atoms with Crippen molar-refractivity contribution in [1.82, 2.24) is 4.90 Å². The number of amides is 1. The van der Waals surface area contributed by atoms with Crippen LogP contribution in [0.1, 0.15) is 27.0 Å². The van der Waals surface area contributed by atoms with Gasteiger partial charge in [0.25, 0.3) is 5.91 Å². The molecule has 0 aliphatic rings. The number of hydrogen-bond acceptors (Lipinski definition) is 4. The van der Waals surface area contributed by atoms with E-state index in [1.54, 1.807) is 41.3 Å². The number of rotatable bonds is 8. The Kier molecular flexibility index (Phi) is 7.45. The number of carbonyl (C=O) groups is 1. The maximum absolute atomic E-state index is 13.4. The maximum atomic E-state index is 13.4. The topological polar surface area (TPSA) is 63.7 Å². The van der Waals surface area contributed by atoms with Crippen LogP contribution in [0.25, 0.3) is 0 Å². The smallest absolute Gasteiger partial charge is 0.339 e. The van der Waals surface area contributed by atoms with E-state index >= 15 is 0 Å². The van der Waals surface area contributed by atoms with Crippen LogP contribution in [0.3, 0.4) is 0 Å². The van der Waals surface area contributed by atoms with Crippen molar-refractivity contribution in [2.24, 2.45) is 0 Å². The summed E-state index contributed by atoms with van der Waals surface area (Å²) in [4.78, 5) is 14.8. The van der Waals surface area contributed by atoms with E-state index in [0.29, 0.717) is 5.56 Å². The van der Waals surface area contributed by atoms with Crippen LogP contribution in [0.2, 0.25) is 0 Å². The molecule has 1 amide bonds. The van der Waals surface area contributed by atoms with Crippen LogP contribution in [-0.2, 0) is 23.2 Å². The van der Waals surface area contributed by atoms with Gasteiger partial charge in [0.05, 0.1) is 0 Å². The summed E-state index contributed by atoms with van der Waals surface area (Å²) in [7, 11) is -4.13. The highest BCUT2D eigenvalue weighted by molar-refractivity contribution is 7.87. The molecule has 0 aliphatic carbocycles. The molecule has 0 unspecified atom stereocenters. The Morgan fingerprint density at radius 3 is 1.72 bits per heavy atom. The largest absolute Gasteiger partial charge is 0.379 e. The zero-order valence-electron chi connectivity index (χ0n) is 19.4. The first kappa shape index (κ1) is 25.1. The second-order valence-electron chi connectivity index (χ2n) is 8.29. The SMILES string of the molecule is Cc1ccc(C(=O)N(Cc2ccc(F)cc2)Cc2ccc(OS(=O)(=O)c3ccc(F)cc3)cc2)cc1. The fourth-order valence-electron chi connectivity index (χ4n) is 3.54. The number of nitrogens with zero attached hydrogens (tertiary/aromatic N) is 1. The number of halogens is 2. The second kappa shape index (κ2) is 10.7. The molecule has 0 spiro atoms. The van der Waals surface area contributed by atoms with E-state index in [1.807, 2.05) is 19.1 Å². The van der Waals surface area contributed by atoms with Crippen molar-refractivity contribution in [1.29, 1.82) is 0 Å². The van der Waals surface area contributed by atoms with Gasteiger partial charge >= 0.3 is 10.1 Å². The minimum absolute atomic E-state index is 0.0815. The summed E-state index contributed by atoms with van der Waals surface area (Å²) < 4.78 is 56.5. The highest BCUT2D eigenvalue weighted by atomic mass is 32.2. The highest BCUT2D eigenvalue weighted by Gasteiger charge is 2.19. The lowest BCUT2D eigenvalue weighted by atomic mass is 10.1. The Balaban J connectivity index is 1.53. The molecule has 4 aromatic rings. The quantitative estimate of drug-likeness (QED) is 0.279. The van der Waals surface area contributed by atoms with Crippen molar-refractivity contribution in [2.45, 2.75) is 24.9 Å². The third-order valence-electron chi connectivity index (χ3n) is 5.48. The predicted molar refractivity (Wildman–Crippen MR) is 132 cm³/mol. The molecule has 36 heavy (non-hydrogen) atoms. The van der Waals surface area contributed by atoms with Crippen molar-refractivity contribution >= 4 is 16.0 Å². The Labute approximate surface area is 208 Å². The van der Waals surface area contributed by atoms with Crippen LogP contribution >= 0.6 is 0 Å². The Hall–Kier alpha value is -4.04. The number of benzene rings is 4. The van der Waals surface area contributed by atoms with E-state index in [4.69, 9.17) is 4.18 Å². The van der Waals surface area contributed by atoms with Gasteiger partial charge in [0.2, 0.25) is 0 Å². The third kappa shape index (κ3) is 6.34. The third-order valence-corrected chi connectivity index (χ3v) is 6.74. The first-order valence-corrected chi connectivity index (χ1v) is 12.5. The zero-order valence-corrected chi connectivity index (χ0v) is 20.2. The molecule has 184 valence electrons. The normalized spacial score (nSPS) is 11.2. The predicted octanol–water partition coefficient (Wildman–Crippen LogP) is 5.88. The second-order valence-corrected chi connectivity index (χ2v) is 9.84. The van der Waals surface area contributed by atoms with Gasteiger partial charge in [0, 0.05) is 18.7 Å². The molecule has 5 nitrogen and oxygen atoms in total. The van der Waals surface area contributed by atoms with E-state index in [1.165, 1.54) is 24.3 Å². The van der Waals surface area contributed by atoms with Crippen LogP contribution in [0.5, 0.6) is 5.75 Å². The molecule has 0 saturated heterocycles. The zero-order chi connectivity index (χ0) is 25.7. The van der Waals surface area contributed by atoms with Gasteiger partial charge in [-0.05, 0) is 78.7 Å². The lowest BCUT2D eigenvalue weighted by Crippen LogP contribution is -2.30. The average Bonchev–Trinajstić information content (AvgIpc) is 2.86. The number of hydrogen-bond donors (Lipinski definition) is 0. The van der Waals surface area contributed by atoms with Crippen molar-refractivity contribution in [3.8, 4) is 5.75 Å². The highest BCUT2D eigenvalue weighted by Crippen LogP contribution is 2.21. The molecule has 0 bridgehead atoms. The summed E-state index contributed by atoms with van der Waals surface area (Å²) in [6, 6.07) is 23.8. The fourth-order valence-corrected chi connectivity index (χ4v) is 4.47. The molecule has 0 N–H and O–H groups in total. The molecule has 0 radical (unpaired) electrons. The van der Waals surface area contributed by atoms with Crippen molar-refractivity contribution < 1.29 is 26.2 Å². The van der Waals surface area contributed by atoms with Crippen molar-refractivity contribution in [3.05, 3.63) is 131 Å². The summed E-state index contributed by atoms with van der Waals surface area (Å²) in [6.07, 6.45) is 0. The molecule has 0 heterocycles. The van der Waals surface area contributed by atoms with Crippen molar-refractivity contribution in [3.63, 3.8) is 0 Å². The monoisotopic (exact) mass is 507 g/mol. The molecule has 0 atom stereocenters. The Bertz CT molecular complexity index is 1440. The maximum Gasteiger partial charge on any atom is 0.339 e. The van der Waals surface area contributed by atoms with Gasteiger partial charge in [-0.15, -0.1) is 0 Å². The van der Waals surface area contributed by atoms with Gasteiger partial charge in [0.1, 0.15) is 22.3 Å². The Morgan fingerprint density at radius 2 is 1.19 bits per heavy atom. The van der Waals surface area contributed by atoms with Gasteiger partial charge in [-0.3, -0.25) is 4.79 Å². The number of aryl methyl sites for hydroxylation is 1. The van der Waals surface area contributed by atoms with E-state index in [9.17, 15) is 22.0 Å². The van der Waals surface area contributed by atoms with Crippen LogP contribution in [0, 0.1) is 18.6 Å².